The molecule has 1 aromatic carbocycles. The van der Waals surface area contributed by atoms with Gasteiger partial charge in [0.1, 0.15) is 41.5 Å². The highest BCUT2D eigenvalue weighted by atomic mass is 19.3. The molecule has 0 unspecified atom stereocenters. The lowest BCUT2D eigenvalue weighted by molar-refractivity contribution is -0.286. The fourth-order valence-electron chi connectivity index (χ4n) is 9.11. The standard InChI is InChI=1S/C37H37F2NO12/c1-18(41)46-17-35(4)26-15-28(49-32(44)20-8-9-22-24(13-20)52-37(38,39)51-22)36(5)31(34(26,3)11-10-27(35)47-19(2)42)30(43)29-25(50-36)14-23(48-33(29)45)21-7-6-12-40-16-21/h6-9,12-14,16,26-28,30-31,43H,10-11,15,17H2,1-5H3/t26-,27+,28+,30+,31-,34+,35+,36-/m1/s1. The molecule has 2 aliphatic heterocycles. The Hall–Kier alpha value is -5.05. The second-order valence-corrected chi connectivity index (χ2v) is 14.6. The van der Waals surface area contributed by atoms with E-state index in [2.05, 4.69) is 14.5 Å². The van der Waals surface area contributed by atoms with Crippen LogP contribution in [0.15, 0.2) is 58.0 Å². The zero-order valence-corrected chi connectivity index (χ0v) is 29.0. The lowest BCUT2D eigenvalue weighted by Gasteiger charge is -2.66. The summed E-state index contributed by atoms with van der Waals surface area (Å²) >= 11 is 0. The Morgan fingerprint density at radius 3 is 2.40 bits per heavy atom. The molecule has 15 heteroatoms. The summed E-state index contributed by atoms with van der Waals surface area (Å²) in [5, 5.41) is 12.3. The van der Waals surface area contributed by atoms with Gasteiger partial charge in [-0.1, -0.05) is 13.8 Å². The van der Waals surface area contributed by atoms with Gasteiger partial charge in [-0.3, -0.25) is 14.6 Å². The maximum atomic E-state index is 13.9. The van der Waals surface area contributed by atoms with E-state index < -0.39 is 76.4 Å². The van der Waals surface area contributed by atoms with Gasteiger partial charge >= 0.3 is 29.8 Å². The predicted octanol–water partition coefficient (Wildman–Crippen LogP) is 5.37. The average Bonchev–Trinajstić information content (AvgIpc) is 3.39. The second-order valence-electron chi connectivity index (χ2n) is 14.6. The molecule has 1 N–H and O–H groups in total. The molecule has 0 radical (unpaired) electrons. The molecule has 8 atom stereocenters. The highest BCUT2D eigenvalue weighted by Gasteiger charge is 2.71. The minimum atomic E-state index is -3.91. The van der Waals surface area contributed by atoms with Gasteiger partial charge in [0.2, 0.25) is 0 Å². The molecule has 3 aromatic rings. The van der Waals surface area contributed by atoms with Crippen molar-refractivity contribution < 1.29 is 61.1 Å². The lowest BCUT2D eigenvalue weighted by atomic mass is 9.42. The zero-order valence-electron chi connectivity index (χ0n) is 29.0. The topological polar surface area (TPSA) is 170 Å². The number of halogens is 2. The van der Waals surface area contributed by atoms with Gasteiger partial charge in [0, 0.05) is 49.2 Å². The molecule has 0 bridgehead atoms. The summed E-state index contributed by atoms with van der Waals surface area (Å²) in [6, 6.07) is 8.31. The molecule has 2 aromatic heterocycles. The number of carbonyl (C=O) groups is 3. The first-order chi connectivity index (χ1) is 24.4. The number of carbonyl (C=O) groups excluding carboxylic acids is 3. The van der Waals surface area contributed by atoms with Gasteiger partial charge in [-0.25, -0.2) is 9.59 Å². The summed E-state index contributed by atoms with van der Waals surface area (Å²) in [4.78, 5) is 56.1. The molecular weight excluding hydrogens is 688 g/mol. The third kappa shape index (κ3) is 5.74. The molecule has 52 heavy (non-hydrogen) atoms. The molecule has 13 nitrogen and oxygen atoms in total. The average molecular weight is 726 g/mol. The van der Waals surface area contributed by atoms with E-state index in [0.29, 0.717) is 18.4 Å². The van der Waals surface area contributed by atoms with Crippen LogP contribution in [0.2, 0.25) is 0 Å². The molecule has 7 rings (SSSR count). The largest absolute Gasteiger partial charge is 0.586 e. The van der Waals surface area contributed by atoms with Crippen LogP contribution in [0.5, 0.6) is 17.2 Å². The Morgan fingerprint density at radius 1 is 0.962 bits per heavy atom. The molecule has 0 saturated heterocycles. The van der Waals surface area contributed by atoms with Crippen molar-refractivity contribution in [1.29, 1.82) is 0 Å². The van der Waals surface area contributed by atoms with Crippen molar-refractivity contribution in [1.82, 2.24) is 4.98 Å². The van der Waals surface area contributed by atoms with Crippen LogP contribution in [0.1, 0.15) is 75.9 Å². The van der Waals surface area contributed by atoms with E-state index in [9.17, 15) is 33.1 Å². The van der Waals surface area contributed by atoms with Crippen LogP contribution in [0.25, 0.3) is 11.3 Å². The molecule has 4 aliphatic rings. The number of hydrogen-bond donors (Lipinski definition) is 1. The number of nitrogens with zero attached hydrogens (tertiary/aromatic N) is 1. The van der Waals surface area contributed by atoms with Crippen molar-refractivity contribution in [2.24, 2.45) is 22.7 Å². The molecule has 2 fully saturated rings. The lowest BCUT2D eigenvalue weighted by Crippen LogP contribution is -2.71. The molecule has 276 valence electrons. The minimum absolute atomic E-state index is 0.0195. The number of fused-ring (bicyclic) bond motifs is 5. The summed E-state index contributed by atoms with van der Waals surface area (Å²) in [6.45, 7) is 7.78. The molecule has 0 spiro atoms. The van der Waals surface area contributed by atoms with Crippen LogP contribution < -0.4 is 19.8 Å². The number of aliphatic hydroxyl groups excluding tert-OH is 1. The number of pyridine rings is 1. The molecular formula is C37H37F2NO12. The quantitative estimate of drug-likeness (QED) is 0.254. The van der Waals surface area contributed by atoms with Crippen LogP contribution in [0.3, 0.4) is 0 Å². The molecule has 4 heterocycles. The normalized spacial score (nSPS) is 32.3. The van der Waals surface area contributed by atoms with Gasteiger partial charge in [-0.05, 0) is 67.9 Å². The maximum Gasteiger partial charge on any atom is 0.586 e. The number of hydrogen-bond acceptors (Lipinski definition) is 13. The summed E-state index contributed by atoms with van der Waals surface area (Å²) in [5.74, 6) is -4.03. The molecule has 2 aliphatic carbocycles. The van der Waals surface area contributed by atoms with Crippen molar-refractivity contribution in [2.45, 2.75) is 84.1 Å². The van der Waals surface area contributed by atoms with Crippen molar-refractivity contribution in [3.05, 3.63) is 70.3 Å². The van der Waals surface area contributed by atoms with Crippen molar-refractivity contribution in [2.75, 3.05) is 6.61 Å². The number of aliphatic hydroxyl groups is 1. The predicted molar refractivity (Wildman–Crippen MR) is 173 cm³/mol. The van der Waals surface area contributed by atoms with Crippen molar-refractivity contribution in [3.63, 3.8) is 0 Å². The van der Waals surface area contributed by atoms with E-state index in [4.69, 9.17) is 23.4 Å². The van der Waals surface area contributed by atoms with E-state index >= 15 is 0 Å². The van der Waals surface area contributed by atoms with Gasteiger partial charge in [-0.2, -0.15) is 0 Å². The first-order valence-electron chi connectivity index (χ1n) is 16.8. The zero-order chi connectivity index (χ0) is 37.4. The van der Waals surface area contributed by atoms with Crippen LogP contribution in [0, 0.1) is 22.7 Å². The fraction of sp³-hybridized carbons (Fsp3) is 0.486. The summed E-state index contributed by atoms with van der Waals surface area (Å²) in [7, 11) is 0. The molecule has 2 saturated carbocycles. The Kier molecular flexibility index (Phi) is 8.35. The number of aromatic nitrogens is 1. The highest BCUT2D eigenvalue weighted by molar-refractivity contribution is 5.90. The Balaban J connectivity index is 1.35. The van der Waals surface area contributed by atoms with Gasteiger partial charge in [0.25, 0.3) is 0 Å². The second kappa shape index (κ2) is 12.3. The summed E-state index contributed by atoms with van der Waals surface area (Å²) in [5.41, 5.74) is -4.10. The van der Waals surface area contributed by atoms with Crippen molar-refractivity contribution in [3.8, 4) is 28.6 Å². The summed E-state index contributed by atoms with van der Waals surface area (Å²) in [6.07, 6.45) is -3.51. The number of ether oxygens (including phenoxy) is 6. The monoisotopic (exact) mass is 725 g/mol. The Bertz CT molecular complexity index is 2000. The Morgan fingerprint density at radius 2 is 1.71 bits per heavy atom. The number of esters is 3. The maximum absolute atomic E-state index is 13.9. The third-order valence-corrected chi connectivity index (χ3v) is 11.3. The van der Waals surface area contributed by atoms with Gasteiger partial charge in [0.05, 0.1) is 11.7 Å². The smallest absolute Gasteiger partial charge is 0.482 e. The number of alkyl halides is 2. The van der Waals surface area contributed by atoms with Gasteiger partial charge in [-0.15, -0.1) is 8.78 Å². The summed E-state index contributed by atoms with van der Waals surface area (Å²) < 4.78 is 66.6. The Labute approximate surface area is 296 Å². The molecule has 0 amide bonds. The first-order valence-corrected chi connectivity index (χ1v) is 16.8. The fourth-order valence-corrected chi connectivity index (χ4v) is 9.11. The van der Waals surface area contributed by atoms with Crippen LogP contribution in [-0.2, 0) is 23.8 Å². The highest BCUT2D eigenvalue weighted by Crippen LogP contribution is 2.67. The minimum Gasteiger partial charge on any atom is -0.482 e. The van der Waals surface area contributed by atoms with Gasteiger partial charge in [0.15, 0.2) is 11.5 Å². The SMILES string of the molecule is CC(=O)OC[C@@]1(C)[C@@H]2C[C@H](OC(=O)c3ccc4c(c3)OC(F)(F)O4)[C@@]3(C)Oc4cc(-c5cccnc5)oc(=O)c4[C@H](O)[C@@H]3[C@@]2(C)CC[C@@H]1OC(C)=O. The van der Waals surface area contributed by atoms with E-state index in [1.807, 2.05) is 13.8 Å². The van der Waals surface area contributed by atoms with E-state index in [0.717, 1.165) is 12.1 Å². The van der Waals surface area contributed by atoms with E-state index in [-0.39, 0.29) is 47.2 Å². The first kappa shape index (κ1) is 35.4. The van der Waals surface area contributed by atoms with Gasteiger partial charge < -0.3 is 37.9 Å². The van der Waals surface area contributed by atoms with Crippen LogP contribution in [0.4, 0.5) is 8.78 Å². The third-order valence-electron chi connectivity index (χ3n) is 11.3. The van der Waals surface area contributed by atoms with Crippen molar-refractivity contribution >= 4 is 17.9 Å². The van der Waals surface area contributed by atoms with Crippen LogP contribution >= 0.6 is 0 Å². The number of rotatable bonds is 6. The van der Waals surface area contributed by atoms with E-state index in [1.165, 1.54) is 32.2 Å². The van der Waals surface area contributed by atoms with Crippen LogP contribution in [-0.4, -0.2) is 58.7 Å². The van der Waals surface area contributed by atoms with E-state index in [1.54, 1.807) is 25.3 Å². The number of benzene rings is 1.